The van der Waals surface area contributed by atoms with Gasteiger partial charge in [-0.15, -0.1) is 0 Å². The van der Waals surface area contributed by atoms with Crippen LogP contribution in [0.5, 0.6) is 0 Å². The van der Waals surface area contributed by atoms with Gasteiger partial charge < -0.3 is 0 Å². The maximum atomic E-state index is 4.76. The van der Waals surface area contributed by atoms with Crippen LogP contribution in [0.1, 0.15) is 97.8 Å². The fourth-order valence-corrected chi connectivity index (χ4v) is 2.34. The Morgan fingerprint density at radius 3 is 1.78 bits per heavy atom. The highest BCUT2D eigenvalue weighted by atomic mass is 14.9. The van der Waals surface area contributed by atoms with Crippen LogP contribution in [0, 0.1) is 0 Å². The summed E-state index contributed by atoms with van der Waals surface area (Å²) in [5.41, 5.74) is 0. The number of rotatable bonds is 14. The second-order valence-corrected chi connectivity index (χ2v) is 5.73. The summed E-state index contributed by atoms with van der Waals surface area (Å²) < 4.78 is 0. The van der Waals surface area contributed by atoms with E-state index in [1.54, 1.807) is 0 Å². The summed E-state index contributed by atoms with van der Waals surface area (Å²) in [5, 5.41) is 4.76. The predicted octanol–water partition coefficient (Wildman–Crippen LogP) is 5.70. The number of hydrogen-bond acceptors (Lipinski definition) is 0. The minimum atomic E-state index is 0.599. The summed E-state index contributed by atoms with van der Waals surface area (Å²) in [6.45, 7) is 7.94. The van der Waals surface area contributed by atoms with E-state index < -0.39 is 0 Å². The molecule has 18 heavy (non-hydrogen) atoms. The zero-order valence-corrected chi connectivity index (χ0v) is 13.2. The molecule has 0 saturated heterocycles. The highest BCUT2D eigenvalue weighted by Gasteiger charge is 2.01. The van der Waals surface area contributed by atoms with Gasteiger partial charge in [-0.05, 0) is 19.8 Å². The van der Waals surface area contributed by atoms with Crippen LogP contribution in [0.3, 0.4) is 0 Å². The minimum absolute atomic E-state index is 0.599. The molecular weight excluding hydrogens is 218 g/mol. The topological polar surface area (TPSA) is 14.1 Å². The molecule has 0 aliphatic rings. The summed E-state index contributed by atoms with van der Waals surface area (Å²) in [5.74, 6) is 0. The van der Waals surface area contributed by atoms with Crippen LogP contribution in [0.4, 0.5) is 0 Å². The third-order valence-corrected chi connectivity index (χ3v) is 3.68. The van der Waals surface area contributed by atoms with E-state index in [1.165, 1.54) is 77.0 Å². The number of unbranched alkanes of at least 4 members (excludes halogenated alkanes) is 9. The highest BCUT2D eigenvalue weighted by molar-refractivity contribution is 4.60. The molecule has 1 radical (unpaired) electrons. The fraction of sp³-hybridized carbons (Fsp3) is 1.00. The van der Waals surface area contributed by atoms with Gasteiger partial charge in [0.25, 0.3) is 0 Å². The van der Waals surface area contributed by atoms with Crippen molar-refractivity contribution < 1.29 is 0 Å². The first kappa shape index (κ1) is 18.0. The van der Waals surface area contributed by atoms with Crippen LogP contribution in [0.2, 0.25) is 0 Å². The van der Waals surface area contributed by atoms with Crippen LogP contribution in [-0.4, -0.2) is 12.6 Å². The Bertz CT molecular complexity index is 129. The zero-order chi connectivity index (χ0) is 13.5. The molecule has 0 spiro atoms. The lowest BCUT2D eigenvalue weighted by atomic mass is 10.1. The van der Waals surface area contributed by atoms with E-state index in [4.69, 9.17) is 5.32 Å². The smallest absolute Gasteiger partial charge is 0.0217 e. The Morgan fingerprint density at radius 1 is 0.667 bits per heavy atom. The summed E-state index contributed by atoms with van der Waals surface area (Å²) in [4.78, 5) is 0. The molecule has 109 valence electrons. The minimum Gasteiger partial charge on any atom is -0.239 e. The third-order valence-electron chi connectivity index (χ3n) is 3.68. The molecule has 0 saturated carbocycles. The molecule has 0 aromatic heterocycles. The molecule has 0 rings (SSSR count). The van der Waals surface area contributed by atoms with E-state index in [0.717, 1.165) is 6.54 Å². The lowest BCUT2D eigenvalue weighted by molar-refractivity contribution is 0.459. The maximum absolute atomic E-state index is 4.76. The van der Waals surface area contributed by atoms with Gasteiger partial charge in [0.2, 0.25) is 0 Å². The van der Waals surface area contributed by atoms with E-state index in [1.807, 2.05) is 0 Å². The van der Waals surface area contributed by atoms with Crippen molar-refractivity contribution >= 4 is 0 Å². The Morgan fingerprint density at radius 2 is 1.17 bits per heavy atom. The monoisotopic (exact) mass is 254 g/mol. The quantitative estimate of drug-likeness (QED) is 0.353. The first-order chi connectivity index (χ1) is 8.81. The largest absolute Gasteiger partial charge is 0.239 e. The molecule has 0 bridgehead atoms. The molecule has 0 amide bonds. The van der Waals surface area contributed by atoms with Crippen molar-refractivity contribution in [2.24, 2.45) is 0 Å². The van der Waals surface area contributed by atoms with Crippen molar-refractivity contribution in [3.8, 4) is 0 Å². The van der Waals surface area contributed by atoms with E-state index >= 15 is 0 Å². The Labute approximate surface area is 116 Å². The molecule has 1 atom stereocenters. The molecule has 0 heterocycles. The van der Waals surface area contributed by atoms with Crippen LogP contribution < -0.4 is 5.32 Å². The van der Waals surface area contributed by atoms with E-state index in [-0.39, 0.29) is 0 Å². The Balaban J connectivity index is 3.10. The standard InChI is InChI=1S/C17H36N/c1-4-6-8-10-11-13-15-17(3)18-16-14-12-9-7-5-2/h17H,4-16H2,1-3H3. The average molecular weight is 254 g/mol. The molecule has 0 fully saturated rings. The summed E-state index contributed by atoms with van der Waals surface area (Å²) in [6.07, 6.45) is 16.5. The van der Waals surface area contributed by atoms with Gasteiger partial charge >= 0.3 is 0 Å². The molecule has 0 N–H and O–H groups in total. The normalized spacial score (nSPS) is 12.8. The average Bonchev–Trinajstić information content (AvgIpc) is 2.38. The lowest BCUT2D eigenvalue weighted by Crippen LogP contribution is -2.19. The molecule has 1 nitrogen and oxygen atoms in total. The van der Waals surface area contributed by atoms with Crippen molar-refractivity contribution in [3.05, 3.63) is 0 Å². The third kappa shape index (κ3) is 14.0. The molecule has 1 unspecified atom stereocenters. The van der Waals surface area contributed by atoms with Crippen LogP contribution >= 0.6 is 0 Å². The Hall–Kier alpha value is -0.0400. The van der Waals surface area contributed by atoms with Crippen molar-refractivity contribution in [1.82, 2.24) is 5.32 Å². The summed E-state index contributed by atoms with van der Waals surface area (Å²) in [6, 6.07) is 0.599. The van der Waals surface area contributed by atoms with Gasteiger partial charge in [-0.2, -0.15) is 0 Å². The molecular formula is C17H36N. The van der Waals surface area contributed by atoms with Gasteiger partial charge in [0.1, 0.15) is 0 Å². The van der Waals surface area contributed by atoms with Gasteiger partial charge in [-0.25, -0.2) is 5.32 Å². The van der Waals surface area contributed by atoms with Crippen molar-refractivity contribution in [1.29, 1.82) is 0 Å². The predicted molar refractivity (Wildman–Crippen MR) is 83.2 cm³/mol. The molecule has 0 aliphatic carbocycles. The molecule has 0 aromatic rings. The molecule has 1 heteroatoms. The number of nitrogens with zero attached hydrogens (tertiary/aromatic N) is 1. The maximum Gasteiger partial charge on any atom is 0.0217 e. The van der Waals surface area contributed by atoms with Crippen molar-refractivity contribution in [3.63, 3.8) is 0 Å². The number of hydrogen-bond donors (Lipinski definition) is 0. The first-order valence-electron chi connectivity index (χ1n) is 8.47. The highest BCUT2D eigenvalue weighted by Crippen LogP contribution is 2.09. The van der Waals surface area contributed by atoms with Gasteiger partial charge in [-0.3, -0.25) is 0 Å². The fourth-order valence-electron chi connectivity index (χ4n) is 2.34. The van der Waals surface area contributed by atoms with Gasteiger partial charge in [0.15, 0.2) is 0 Å². The van der Waals surface area contributed by atoms with Crippen molar-refractivity contribution in [2.75, 3.05) is 6.54 Å². The van der Waals surface area contributed by atoms with E-state index in [9.17, 15) is 0 Å². The SMILES string of the molecule is CCCCCCCCC(C)[N]CCCCCCC. The van der Waals surface area contributed by atoms with Crippen molar-refractivity contribution in [2.45, 2.75) is 104 Å². The zero-order valence-electron chi connectivity index (χ0n) is 13.2. The summed E-state index contributed by atoms with van der Waals surface area (Å²) in [7, 11) is 0. The van der Waals surface area contributed by atoms with Gasteiger partial charge in [0, 0.05) is 12.6 Å². The first-order valence-corrected chi connectivity index (χ1v) is 8.47. The van der Waals surface area contributed by atoms with Gasteiger partial charge in [-0.1, -0.05) is 78.1 Å². The molecule has 0 aromatic carbocycles. The van der Waals surface area contributed by atoms with E-state index in [0.29, 0.717) is 6.04 Å². The Kier molecular flexibility index (Phi) is 15.0. The second-order valence-electron chi connectivity index (χ2n) is 5.73. The summed E-state index contributed by atoms with van der Waals surface area (Å²) >= 11 is 0. The lowest BCUT2D eigenvalue weighted by Gasteiger charge is -2.11. The van der Waals surface area contributed by atoms with Gasteiger partial charge in [0.05, 0.1) is 0 Å². The second kappa shape index (κ2) is 15.0. The molecule has 0 aliphatic heterocycles. The van der Waals surface area contributed by atoms with Crippen LogP contribution in [0.15, 0.2) is 0 Å². The van der Waals surface area contributed by atoms with Crippen LogP contribution in [0.25, 0.3) is 0 Å². The van der Waals surface area contributed by atoms with Crippen LogP contribution in [-0.2, 0) is 0 Å². The van der Waals surface area contributed by atoms with E-state index in [2.05, 4.69) is 20.8 Å².